The molecule has 9 nitrogen and oxygen atoms in total. The van der Waals surface area contributed by atoms with Crippen LogP contribution in [0.3, 0.4) is 0 Å². The fourth-order valence-corrected chi connectivity index (χ4v) is 2.73. The maximum Gasteiger partial charge on any atom is 0.280 e. The van der Waals surface area contributed by atoms with E-state index in [4.69, 9.17) is 4.74 Å². The maximum absolute atomic E-state index is 12.7. The second kappa shape index (κ2) is 9.46. The van der Waals surface area contributed by atoms with E-state index >= 15 is 0 Å². The largest absolute Gasteiger partial charge is 0.497 e. The van der Waals surface area contributed by atoms with Gasteiger partial charge in [-0.05, 0) is 42.5 Å². The van der Waals surface area contributed by atoms with E-state index in [1.54, 1.807) is 49.7 Å². The van der Waals surface area contributed by atoms with Crippen molar-refractivity contribution in [2.45, 2.75) is 13.1 Å². The van der Waals surface area contributed by atoms with Crippen molar-refractivity contribution in [2.24, 2.45) is 0 Å². The lowest BCUT2D eigenvalue weighted by Crippen LogP contribution is -2.37. The first-order valence-corrected chi connectivity index (χ1v) is 9.17. The molecule has 9 heteroatoms. The van der Waals surface area contributed by atoms with Crippen LogP contribution in [0.2, 0.25) is 0 Å². The Morgan fingerprint density at radius 3 is 2.53 bits per heavy atom. The molecule has 0 saturated carbocycles. The third-order valence-electron chi connectivity index (χ3n) is 4.32. The van der Waals surface area contributed by atoms with E-state index in [9.17, 15) is 14.4 Å². The van der Waals surface area contributed by atoms with Gasteiger partial charge in [0.1, 0.15) is 17.9 Å². The van der Waals surface area contributed by atoms with E-state index in [1.165, 1.54) is 13.1 Å². The average molecular weight is 407 g/mol. The highest BCUT2D eigenvalue weighted by molar-refractivity contribution is 5.94. The number of nitrogens with zero attached hydrogens (tertiary/aromatic N) is 3. The Labute approximate surface area is 172 Å². The molecule has 0 aliphatic carbocycles. The quantitative estimate of drug-likeness (QED) is 0.604. The van der Waals surface area contributed by atoms with E-state index < -0.39 is 17.4 Å². The van der Waals surface area contributed by atoms with Crippen LogP contribution in [0.25, 0.3) is 11.3 Å². The van der Waals surface area contributed by atoms with Crippen molar-refractivity contribution in [3.05, 3.63) is 76.3 Å². The molecule has 2 heterocycles. The predicted octanol–water partition coefficient (Wildman–Crippen LogP) is 0.990. The van der Waals surface area contributed by atoms with Gasteiger partial charge in [-0.15, -0.1) is 0 Å². The van der Waals surface area contributed by atoms with E-state index in [0.29, 0.717) is 22.7 Å². The van der Waals surface area contributed by atoms with Gasteiger partial charge in [-0.1, -0.05) is 6.07 Å². The van der Waals surface area contributed by atoms with Gasteiger partial charge in [0.15, 0.2) is 0 Å². The van der Waals surface area contributed by atoms with Gasteiger partial charge >= 0.3 is 0 Å². The summed E-state index contributed by atoms with van der Waals surface area (Å²) in [5.41, 5.74) is 0.983. The molecule has 0 unspecified atom stereocenters. The van der Waals surface area contributed by atoms with Crippen molar-refractivity contribution in [3.8, 4) is 17.0 Å². The molecule has 0 aliphatic heterocycles. The number of carbonyl (C=O) groups excluding carboxylic acids is 2. The van der Waals surface area contributed by atoms with Crippen LogP contribution in [0.5, 0.6) is 5.75 Å². The zero-order chi connectivity index (χ0) is 21.5. The number of ether oxygens (including phenoxy) is 1. The summed E-state index contributed by atoms with van der Waals surface area (Å²) in [4.78, 5) is 41.4. The molecule has 0 fully saturated rings. The number of aromatic nitrogens is 3. The van der Waals surface area contributed by atoms with E-state index in [0.717, 1.165) is 4.68 Å². The molecule has 0 spiro atoms. The Kier molecular flexibility index (Phi) is 6.53. The van der Waals surface area contributed by atoms with Crippen molar-refractivity contribution in [3.63, 3.8) is 0 Å². The van der Waals surface area contributed by atoms with Gasteiger partial charge in [0.25, 0.3) is 11.5 Å². The Hall–Kier alpha value is -4.01. The van der Waals surface area contributed by atoms with Crippen LogP contribution in [0.1, 0.15) is 16.1 Å². The van der Waals surface area contributed by atoms with Crippen LogP contribution in [-0.4, -0.2) is 40.7 Å². The fraction of sp³-hybridized carbons (Fsp3) is 0.190. The monoisotopic (exact) mass is 407 g/mol. The molecule has 30 heavy (non-hydrogen) atoms. The minimum Gasteiger partial charge on any atom is -0.497 e. The summed E-state index contributed by atoms with van der Waals surface area (Å²) in [6, 6.07) is 13.8. The molecular formula is C21H21N5O4. The second-order valence-corrected chi connectivity index (χ2v) is 6.31. The molecule has 2 amide bonds. The highest BCUT2D eigenvalue weighted by Crippen LogP contribution is 2.20. The molecule has 0 radical (unpaired) electrons. The number of hydrogen-bond acceptors (Lipinski definition) is 6. The Morgan fingerprint density at radius 1 is 1.13 bits per heavy atom. The second-order valence-electron chi connectivity index (χ2n) is 6.31. The molecular weight excluding hydrogens is 386 g/mol. The van der Waals surface area contributed by atoms with Gasteiger partial charge in [0.05, 0.1) is 25.0 Å². The summed E-state index contributed by atoms with van der Waals surface area (Å²) in [5, 5.41) is 9.41. The smallest absolute Gasteiger partial charge is 0.280 e. The van der Waals surface area contributed by atoms with Crippen molar-refractivity contribution in [1.29, 1.82) is 0 Å². The topological polar surface area (TPSA) is 115 Å². The summed E-state index contributed by atoms with van der Waals surface area (Å²) in [6.07, 6.45) is 1.63. The average Bonchev–Trinajstić information content (AvgIpc) is 2.79. The van der Waals surface area contributed by atoms with Crippen molar-refractivity contribution in [1.82, 2.24) is 25.4 Å². The van der Waals surface area contributed by atoms with E-state index in [1.807, 2.05) is 6.07 Å². The highest BCUT2D eigenvalue weighted by atomic mass is 16.5. The number of methoxy groups -OCH3 is 1. The van der Waals surface area contributed by atoms with Crippen LogP contribution in [0, 0.1) is 0 Å². The molecule has 2 N–H and O–H groups in total. The Balaban J connectivity index is 1.89. The minimum absolute atomic E-state index is 0.101. The first kappa shape index (κ1) is 20.7. The van der Waals surface area contributed by atoms with Crippen LogP contribution in [0.4, 0.5) is 0 Å². The molecule has 2 aromatic heterocycles. The van der Waals surface area contributed by atoms with Crippen LogP contribution < -0.4 is 20.9 Å². The van der Waals surface area contributed by atoms with Crippen molar-refractivity contribution < 1.29 is 14.3 Å². The Morgan fingerprint density at radius 2 is 1.90 bits per heavy atom. The number of nitrogens with one attached hydrogen (secondary N) is 2. The SMILES string of the molecule is CNC(=O)c1cc(-c2ccc(OC)cc2)nn(CC(=O)NCc2ccccn2)c1=O. The van der Waals surface area contributed by atoms with Crippen molar-refractivity contribution >= 4 is 11.8 Å². The van der Waals surface area contributed by atoms with E-state index in [-0.39, 0.29) is 18.7 Å². The number of carbonyl (C=O) groups is 2. The number of rotatable bonds is 7. The van der Waals surface area contributed by atoms with Crippen molar-refractivity contribution in [2.75, 3.05) is 14.2 Å². The summed E-state index contributed by atoms with van der Waals surface area (Å²) in [7, 11) is 2.99. The Bertz CT molecular complexity index is 1090. The first-order chi connectivity index (χ1) is 14.5. The zero-order valence-electron chi connectivity index (χ0n) is 16.6. The van der Waals surface area contributed by atoms with Crippen LogP contribution in [-0.2, 0) is 17.9 Å². The molecule has 3 rings (SSSR count). The van der Waals surface area contributed by atoms with Gasteiger partial charge in [0.2, 0.25) is 5.91 Å². The summed E-state index contributed by atoms with van der Waals surface area (Å²) >= 11 is 0. The molecule has 3 aromatic rings. The molecule has 0 atom stereocenters. The standard InChI is InChI=1S/C21H21N5O4/c1-22-20(28)17-11-18(14-6-8-16(30-2)9-7-14)25-26(21(17)29)13-19(27)24-12-15-5-3-4-10-23-15/h3-11H,12-13H2,1-2H3,(H,22,28)(H,24,27). The third kappa shape index (κ3) is 4.88. The summed E-state index contributed by atoms with van der Waals surface area (Å²) < 4.78 is 6.13. The highest BCUT2D eigenvalue weighted by Gasteiger charge is 2.17. The lowest BCUT2D eigenvalue weighted by atomic mass is 10.1. The van der Waals surface area contributed by atoms with E-state index in [2.05, 4.69) is 20.7 Å². The third-order valence-corrected chi connectivity index (χ3v) is 4.32. The predicted molar refractivity (Wildman–Crippen MR) is 110 cm³/mol. The van der Waals surface area contributed by atoms with Crippen LogP contribution in [0.15, 0.2) is 59.5 Å². The summed E-state index contributed by atoms with van der Waals surface area (Å²) in [6.45, 7) is -0.117. The lowest BCUT2D eigenvalue weighted by molar-refractivity contribution is -0.122. The normalized spacial score (nSPS) is 10.3. The zero-order valence-corrected chi connectivity index (χ0v) is 16.6. The number of amides is 2. The van der Waals surface area contributed by atoms with Gasteiger partial charge in [0, 0.05) is 18.8 Å². The molecule has 154 valence electrons. The number of pyridine rings is 1. The van der Waals surface area contributed by atoms with Gasteiger partial charge in [-0.25, -0.2) is 4.68 Å². The maximum atomic E-state index is 12.7. The summed E-state index contributed by atoms with van der Waals surface area (Å²) in [5.74, 6) is -0.322. The molecule has 1 aromatic carbocycles. The minimum atomic E-state index is -0.653. The van der Waals surface area contributed by atoms with Gasteiger partial charge in [-0.2, -0.15) is 5.10 Å². The number of hydrogen-bond donors (Lipinski definition) is 2. The van der Waals surface area contributed by atoms with Crippen LogP contribution >= 0.6 is 0 Å². The first-order valence-electron chi connectivity index (χ1n) is 9.17. The number of benzene rings is 1. The van der Waals surface area contributed by atoms with Gasteiger partial charge < -0.3 is 15.4 Å². The molecule has 0 bridgehead atoms. The molecule has 0 saturated heterocycles. The fourth-order valence-electron chi connectivity index (χ4n) is 2.73. The lowest BCUT2D eigenvalue weighted by Gasteiger charge is -2.11. The van der Waals surface area contributed by atoms with Gasteiger partial charge in [-0.3, -0.25) is 19.4 Å². The molecule has 0 aliphatic rings.